The quantitative estimate of drug-likeness (QED) is 0.564. The molecule has 1 aliphatic rings. The highest BCUT2D eigenvalue weighted by molar-refractivity contribution is 6.35. The molecule has 0 unspecified atom stereocenters. The zero-order valence-electron chi connectivity index (χ0n) is 13.5. The maximum Gasteiger partial charge on any atom is 0.325 e. The number of rotatable bonds is 7. The number of imide groups is 1. The van der Waals surface area contributed by atoms with Crippen molar-refractivity contribution in [2.24, 2.45) is 0 Å². The molecule has 2 rings (SSSR count). The average molecular weight is 357 g/mol. The Morgan fingerprint density at radius 3 is 2.57 bits per heavy atom. The molecule has 0 radical (unpaired) electrons. The molecule has 0 bridgehead atoms. The van der Waals surface area contributed by atoms with Crippen LogP contribution >= 0.6 is 23.2 Å². The van der Waals surface area contributed by atoms with Crippen molar-refractivity contribution in [3.63, 3.8) is 0 Å². The highest BCUT2D eigenvalue weighted by Crippen LogP contribution is 2.28. The summed E-state index contributed by atoms with van der Waals surface area (Å²) in [6.45, 7) is 4.09. The van der Waals surface area contributed by atoms with E-state index < -0.39 is 5.54 Å². The van der Waals surface area contributed by atoms with Crippen molar-refractivity contribution < 1.29 is 9.59 Å². The molecule has 4 nitrogen and oxygen atoms in total. The van der Waals surface area contributed by atoms with Gasteiger partial charge >= 0.3 is 6.03 Å². The van der Waals surface area contributed by atoms with Crippen LogP contribution in [0.3, 0.4) is 0 Å². The summed E-state index contributed by atoms with van der Waals surface area (Å²) in [4.78, 5) is 26.1. The van der Waals surface area contributed by atoms with E-state index in [0.29, 0.717) is 22.0 Å². The highest BCUT2D eigenvalue weighted by Gasteiger charge is 2.47. The third-order valence-electron chi connectivity index (χ3n) is 4.22. The van der Waals surface area contributed by atoms with Gasteiger partial charge in [0.05, 0.1) is 6.54 Å². The lowest BCUT2D eigenvalue weighted by Gasteiger charge is -2.21. The molecule has 1 aliphatic heterocycles. The SMILES string of the molecule is CCCCCC[C@]1(C)NC(=O)N(Cc2ccc(Cl)cc2Cl)C1=O. The molecule has 1 aromatic rings. The van der Waals surface area contributed by atoms with Crippen LogP contribution in [0.15, 0.2) is 18.2 Å². The third-order valence-corrected chi connectivity index (χ3v) is 4.81. The maximum atomic E-state index is 12.7. The van der Waals surface area contributed by atoms with Crippen LogP contribution in [0.2, 0.25) is 10.0 Å². The zero-order valence-corrected chi connectivity index (χ0v) is 15.0. The topological polar surface area (TPSA) is 49.4 Å². The van der Waals surface area contributed by atoms with Crippen molar-refractivity contribution in [2.45, 2.75) is 58.0 Å². The fourth-order valence-corrected chi connectivity index (χ4v) is 3.25. The summed E-state index contributed by atoms with van der Waals surface area (Å²) in [6.07, 6.45) is 4.92. The molecule has 0 saturated carbocycles. The van der Waals surface area contributed by atoms with Crippen molar-refractivity contribution in [3.8, 4) is 0 Å². The maximum absolute atomic E-state index is 12.7. The molecule has 1 atom stereocenters. The van der Waals surface area contributed by atoms with Gasteiger partial charge in [0.15, 0.2) is 0 Å². The Kier molecular flexibility index (Phi) is 5.93. The van der Waals surface area contributed by atoms with Crippen LogP contribution < -0.4 is 5.32 Å². The van der Waals surface area contributed by atoms with Crippen LogP contribution in [0.4, 0.5) is 4.79 Å². The number of nitrogens with one attached hydrogen (secondary N) is 1. The van der Waals surface area contributed by atoms with Gasteiger partial charge in [-0.15, -0.1) is 0 Å². The van der Waals surface area contributed by atoms with Crippen LogP contribution in [0, 0.1) is 0 Å². The van der Waals surface area contributed by atoms with Crippen LogP contribution in [0.1, 0.15) is 51.5 Å². The summed E-state index contributed by atoms with van der Waals surface area (Å²) in [7, 11) is 0. The molecule has 1 heterocycles. The molecular formula is C17H22Cl2N2O2. The number of carbonyl (C=O) groups excluding carboxylic acids is 2. The van der Waals surface area contributed by atoms with Gasteiger partial charge in [-0.2, -0.15) is 0 Å². The number of carbonyl (C=O) groups is 2. The molecule has 1 saturated heterocycles. The van der Waals surface area contributed by atoms with E-state index in [1.165, 1.54) is 4.90 Å². The predicted octanol–water partition coefficient (Wildman–Crippen LogP) is 4.77. The Morgan fingerprint density at radius 2 is 1.91 bits per heavy atom. The van der Waals surface area contributed by atoms with Crippen LogP contribution in [-0.4, -0.2) is 22.4 Å². The van der Waals surface area contributed by atoms with Gasteiger partial charge in [0.1, 0.15) is 5.54 Å². The molecule has 0 aliphatic carbocycles. The Hall–Kier alpha value is -1.26. The number of urea groups is 1. The molecule has 6 heteroatoms. The number of amides is 3. The van der Waals surface area contributed by atoms with Gasteiger partial charge in [0, 0.05) is 10.0 Å². The third kappa shape index (κ3) is 4.18. The van der Waals surface area contributed by atoms with Crippen molar-refractivity contribution in [1.29, 1.82) is 0 Å². The van der Waals surface area contributed by atoms with Gasteiger partial charge in [0.2, 0.25) is 0 Å². The van der Waals surface area contributed by atoms with Gasteiger partial charge in [-0.1, -0.05) is 61.9 Å². The summed E-state index contributed by atoms with van der Waals surface area (Å²) in [5, 5.41) is 3.80. The smallest absolute Gasteiger partial charge is 0.323 e. The largest absolute Gasteiger partial charge is 0.325 e. The fourth-order valence-electron chi connectivity index (χ4n) is 2.79. The van der Waals surface area contributed by atoms with Crippen molar-refractivity contribution in [1.82, 2.24) is 10.2 Å². The summed E-state index contributed by atoms with van der Waals surface area (Å²) >= 11 is 12.0. The van der Waals surface area contributed by atoms with E-state index in [2.05, 4.69) is 12.2 Å². The Morgan fingerprint density at radius 1 is 1.17 bits per heavy atom. The Balaban J connectivity index is 2.06. The summed E-state index contributed by atoms with van der Waals surface area (Å²) < 4.78 is 0. The molecule has 1 N–H and O–H groups in total. The van der Waals surface area contributed by atoms with Gasteiger partial charge in [-0.3, -0.25) is 9.69 Å². The predicted molar refractivity (Wildman–Crippen MR) is 92.7 cm³/mol. The molecule has 23 heavy (non-hydrogen) atoms. The summed E-state index contributed by atoms with van der Waals surface area (Å²) in [6, 6.07) is 4.69. The molecule has 1 fully saturated rings. The summed E-state index contributed by atoms with van der Waals surface area (Å²) in [5.74, 6) is -0.190. The van der Waals surface area contributed by atoms with Gasteiger partial charge < -0.3 is 5.32 Å². The lowest BCUT2D eigenvalue weighted by molar-refractivity contribution is -0.131. The van der Waals surface area contributed by atoms with E-state index in [9.17, 15) is 9.59 Å². The van der Waals surface area contributed by atoms with Gasteiger partial charge in [-0.25, -0.2) is 4.79 Å². The van der Waals surface area contributed by atoms with E-state index in [0.717, 1.165) is 25.7 Å². The number of unbranched alkanes of at least 4 members (excludes halogenated alkanes) is 3. The van der Waals surface area contributed by atoms with Crippen LogP contribution in [0.25, 0.3) is 0 Å². The minimum atomic E-state index is -0.816. The number of halogens is 2. The van der Waals surface area contributed by atoms with E-state index in [-0.39, 0.29) is 18.5 Å². The van der Waals surface area contributed by atoms with Gasteiger partial charge in [0.25, 0.3) is 5.91 Å². The molecule has 0 aromatic heterocycles. The molecule has 126 valence electrons. The number of nitrogens with zero attached hydrogens (tertiary/aromatic N) is 1. The molecular weight excluding hydrogens is 335 g/mol. The number of hydrogen-bond donors (Lipinski definition) is 1. The van der Waals surface area contributed by atoms with Crippen molar-refractivity contribution in [2.75, 3.05) is 0 Å². The first kappa shape index (κ1) is 18.1. The Labute approximate surface area is 147 Å². The van der Waals surface area contributed by atoms with Gasteiger partial charge in [-0.05, 0) is 31.0 Å². The molecule has 0 spiro atoms. The first-order chi connectivity index (χ1) is 10.9. The van der Waals surface area contributed by atoms with E-state index in [1.54, 1.807) is 25.1 Å². The second-order valence-electron chi connectivity index (χ2n) is 6.20. The Bertz CT molecular complexity index is 606. The highest BCUT2D eigenvalue weighted by atomic mass is 35.5. The standard InChI is InChI=1S/C17H22Cl2N2O2/c1-3-4-5-6-9-17(2)15(22)21(16(23)20-17)11-12-7-8-13(18)10-14(12)19/h7-8,10H,3-6,9,11H2,1-2H3,(H,20,23)/t17-/m0/s1. The molecule has 1 aromatic carbocycles. The lowest BCUT2D eigenvalue weighted by atomic mass is 9.94. The zero-order chi connectivity index (χ0) is 17.0. The lowest BCUT2D eigenvalue weighted by Crippen LogP contribution is -2.43. The van der Waals surface area contributed by atoms with Crippen molar-refractivity contribution in [3.05, 3.63) is 33.8 Å². The second-order valence-corrected chi connectivity index (χ2v) is 7.04. The minimum absolute atomic E-state index is 0.158. The summed E-state index contributed by atoms with van der Waals surface area (Å²) in [5.41, 5.74) is -0.112. The fraction of sp³-hybridized carbons (Fsp3) is 0.529. The normalized spacial score (nSPS) is 21.0. The molecule has 3 amide bonds. The second kappa shape index (κ2) is 7.54. The average Bonchev–Trinajstić information content (AvgIpc) is 2.70. The van der Waals surface area contributed by atoms with E-state index in [4.69, 9.17) is 23.2 Å². The minimum Gasteiger partial charge on any atom is -0.323 e. The monoisotopic (exact) mass is 356 g/mol. The van der Waals surface area contributed by atoms with Crippen LogP contribution in [0.5, 0.6) is 0 Å². The van der Waals surface area contributed by atoms with E-state index >= 15 is 0 Å². The first-order valence-electron chi connectivity index (χ1n) is 7.95. The number of benzene rings is 1. The first-order valence-corrected chi connectivity index (χ1v) is 8.71. The number of hydrogen-bond acceptors (Lipinski definition) is 2. The van der Waals surface area contributed by atoms with Crippen LogP contribution in [-0.2, 0) is 11.3 Å². The van der Waals surface area contributed by atoms with E-state index in [1.807, 2.05) is 0 Å². The van der Waals surface area contributed by atoms with Crippen molar-refractivity contribution >= 4 is 35.1 Å².